The predicted octanol–water partition coefficient (Wildman–Crippen LogP) is 3.13. The highest BCUT2D eigenvalue weighted by Gasteiger charge is 2.25. The Bertz CT molecular complexity index is 1010. The molecule has 152 valence electrons. The summed E-state index contributed by atoms with van der Waals surface area (Å²) in [6.45, 7) is 4.50. The van der Waals surface area contributed by atoms with E-state index in [1.165, 1.54) is 0 Å². The summed E-state index contributed by atoms with van der Waals surface area (Å²) in [6.07, 6.45) is 6.12. The van der Waals surface area contributed by atoms with Crippen molar-refractivity contribution >= 4 is 28.5 Å². The number of nitrogens with one attached hydrogen (secondary N) is 1. The quantitative estimate of drug-likeness (QED) is 0.699. The average Bonchev–Trinajstić information content (AvgIpc) is 3.35. The van der Waals surface area contributed by atoms with Gasteiger partial charge in [-0.05, 0) is 43.2 Å². The number of likely N-dealkylation sites (tertiary alicyclic amines) is 1. The summed E-state index contributed by atoms with van der Waals surface area (Å²) in [5.41, 5.74) is 1.07. The second-order valence-electron chi connectivity index (χ2n) is 7.66. The lowest BCUT2D eigenvalue weighted by Crippen LogP contribution is -2.42. The summed E-state index contributed by atoms with van der Waals surface area (Å²) in [4.78, 5) is 27.2. The minimum absolute atomic E-state index is 0.0398. The van der Waals surface area contributed by atoms with Gasteiger partial charge in [0.25, 0.3) is 0 Å². The maximum Gasteiger partial charge on any atom is 0.242 e. The Balaban J connectivity index is 1.32. The molecule has 1 aromatic carbocycles. The van der Waals surface area contributed by atoms with Gasteiger partial charge >= 0.3 is 0 Å². The summed E-state index contributed by atoms with van der Waals surface area (Å²) in [7, 11) is 0. The number of nitrogens with zero attached hydrogens (tertiary/aromatic N) is 4. The van der Waals surface area contributed by atoms with E-state index in [4.69, 9.17) is 0 Å². The van der Waals surface area contributed by atoms with Gasteiger partial charge in [-0.15, -0.1) is 0 Å². The van der Waals surface area contributed by atoms with Gasteiger partial charge in [0.05, 0.1) is 0 Å². The molecule has 4 rings (SSSR count). The standard InChI is InChI=1S/C22H27N5O2/c1-2-27-13-10-20(24-27)23-21(28)14-17-6-5-11-26(15-17)22(29)16-25-12-9-18-7-3-4-8-19(18)25/h3-4,7-10,12-13,17H,2,5-6,11,14-16H2,1H3,(H,23,24,28)/t17-/m1/s1. The van der Waals surface area contributed by atoms with Crippen LogP contribution in [0.15, 0.2) is 48.8 Å². The zero-order valence-electron chi connectivity index (χ0n) is 16.8. The van der Waals surface area contributed by atoms with Gasteiger partial charge in [-0.2, -0.15) is 5.10 Å². The number of hydrogen-bond acceptors (Lipinski definition) is 3. The summed E-state index contributed by atoms with van der Waals surface area (Å²) in [6, 6.07) is 11.9. The van der Waals surface area contributed by atoms with Crippen LogP contribution in [0.2, 0.25) is 0 Å². The fraction of sp³-hybridized carbons (Fsp3) is 0.409. The van der Waals surface area contributed by atoms with Gasteiger partial charge in [-0.1, -0.05) is 18.2 Å². The SMILES string of the molecule is CCn1ccc(NC(=O)C[C@H]2CCCN(C(=O)Cn3ccc4ccccc43)C2)n1. The molecular weight excluding hydrogens is 366 g/mol. The monoisotopic (exact) mass is 393 g/mol. The second kappa shape index (κ2) is 8.51. The molecule has 1 saturated heterocycles. The molecule has 7 nitrogen and oxygen atoms in total. The lowest BCUT2D eigenvalue weighted by Gasteiger charge is -2.32. The van der Waals surface area contributed by atoms with Crippen molar-refractivity contribution in [2.75, 3.05) is 18.4 Å². The number of aromatic nitrogens is 3. The zero-order chi connectivity index (χ0) is 20.2. The first-order chi connectivity index (χ1) is 14.1. The van der Waals surface area contributed by atoms with Gasteiger partial charge in [-0.3, -0.25) is 14.3 Å². The molecule has 3 aromatic rings. The molecule has 7 heteroatoms. The Morgan fingerprint density at radius 3 is 2.86 bits per heavy atom. The molecule has 2 amide bonds. The van der Waals surface area contributed by atoms with Crippen molar-refractivity contribution in [1.29, 1.82) is 0 Å². The topological polar surface area (TPSA) is 72.2 Å². The van der Waals surface area contributed by atoms with Crippen LogP contribution in [0, 0.1) is 5.92 Å². The fourth-order valence-corrected chi connectivity index (χ4v) is 4.04. The van der Waals surface area contributed by atoms with E-state index in [9.17, 15) is 9.59 Å². The number of benzene rings is 1. The van der Waals surface area contributed by atoms with Crippen molar-refractivity contribution in [3.05, 3.63) is 48.8 Å². The average molecular weight is 393 g/mol. The highest BCUT2D eigenvalue weighted by Crippen LogP contribution is 2.22. The van der Waals surface area contributed by atoms with Crippen LogP contribution in [0.4, 0.5) is 5.82 Å². The Kier molecular flexibility index (Phi) is 5.64. The third-order valence-corrected chi connectivity index (χ3v) is 5.56. The third-order valence-electron chi connectivity index (χ3n) is 5.56. The molecule has 0 unspecified atom stereocenters. The van der Waals surface area contributed by atoms with E-state index >= 15 is 0 Å². The van der Waals surface area contributed by atoms with Crippen LogP contribution in [-0.4, -0.2) is 44.2 Å². The molecule has 0 saturated carbocycles. The van der Waals surface area contributed by atoms with Gasteiger partial charge in [0.15, 0.2) is 5.82 Å². The van der Waals surface area contributed by atoms with E-state index in [1.807, 2.05) is 53.0 Å². The van der Waals surface area contributed by atoms with Crippen LogP contribution in [0.1, 0.15) is 26.2 Å². The van der Waals surface area contributed by atoms with Crippen LogP contribution in [-0.2, 0) is 22.7 Å². The van der Waals surface area contributed by atoms with Crippen molar-refractivity contribution < 1.29 is 9.59 Å². The number of carbonyl (C=O) groups excluding carboxylic acids is 2. The number of hydrogen-bond donors (Lipinski definition) is 1. The zero-order valence-corrected chi connectivity index (χ0v) is 16.8. The number of carbonyl (C=O) groups is 2. The minimum Gasteiger partial charge on any atom is -0.341 e. The van der Waals surface area contributed by atoms with Crippen LogP contribution >= 0.6 is 0 Å². The summed E-state index contributed by atoms with van der Waals surface area (Å²) >= 11 is 0. The van der Waals surface area contributed by atoms with E-state index in [1.54, 1.807) is 10.7 Å². The van der Waals surface area contributed by atoms with Gasteiger partial charge in [0, 0.05) is 50.0 Å². The van der Waals surface area contributed by atoms with Gasteiger partial charge in [0.1, 0.15) is 6.54 Å². The summed E-state index contributed by atoms with van der Waals surface area (Å²) in [5, 5.41) is 8.29. The van der Waals surface area contributed by atoms with Crippen molar-refractivity contribution in [2.45, 2.75) is 39.3 Å². The summed E-state index contributed by atoms with van der Waals surface area (Å²) in [5.74, 6) is 0.836. The Morgan fingerprint density at radius 1 is 1.17 bits per heavy atom. The first kappa shape index (κ1) is 19.2. The maximum atomic E-state index is 12.9. The molecule has 1 fully saturated rings. The molecule has 1 atom stereocenters. The van der Waals surface area contributed by atoms with E-state index in [-0.39, 0.29) is 17.7 Å². The normalized spacial score (nSPS) is 16.9. The van der Waals surface area contributed by atoms with Gasteiger partial charge in [-0.25, -0.2) is 0 Å². The molecule has 0 bridgehead atoms. The van der Waals surface area contributed by atoms with E-state index in [2.05, 4.69) is 16.5 Å². The molecule has 1 aliphatic heterocycles. The second-order valence-corrected chi connectivity index (χ2v) is 7.66. The van der Waals surface area contributed by atoms with Crippen LogP contribution in [0.25, 0.3) is 10.9 Å². The number of aryl methyl sites for hydroxylation is 1. The smallest absolute Gasteiger partial charge is 0.242 e. The van der Waals surface area contributed by atoms with Crippen molar-refractivity contribution in [1.82, 2.24) is 19.2 Å². The van der Waals surface area contributed by atoms with Crippen molar-refractivity contribution in [3.63, 3.8) is 0 Å². The molecule has 2 aromatic heterocycles. The molecule has 3 heterocycles. The summed E-state index contributed by atoms with van der Waals surface area (Å²) < 4.78 is 3.78. The minimum atomic E-state index is -0.0398. The van der Waals surface area contributed by atoms with Crippen LogP contribution in [0.3, 0.4) is 0 Å². The van der Waals surface area contributed by atoms with Crippen LogP contribution in [0.5, 0.6) is 0 Å². The molecule has 0 aliphatic carbocycles. The first-order valence-corrected chi connectivity index (χ1v) is 10.3. The molecule has 1 aliphatic rings. The molecule has 29 heavy (non-hydrogen) atoms. The highest BCUT2D eigenvalue weighted by atomic mass is 16.2. The lowest BCUT2D eigenvalue weighted by atomic mass is 9.94. The van der Waals surface area contributed by atoms with Gasteiger partial charge < -0.3 is 14.8 Å². The van der Waals surface area contributed by atoms with Crippen LogP contribution < -0.4 is 5.32 Å². The third kappa shape index (κ3) is 4.50. The fourth-order valence-electron chi connectivity index (χ4n) is 4.04. The number of para-hydroxylation sites is 1. The molecular formula is C22H27N5O2. The van der Waals surface area contributed by atoms with Crippen molar-refractivity contribution in [3.8, 4) is 0 Å². The van der Waals surface area contributed by atoms with E-state index in [0.717, 1.165) is 36.8 Å². The largest absolute Gasteiger partial charge is 0.341 e. The Hall–Kier alpha value is -3.09. The number of fused-ring (bicyclic) bond motifs is 1. The highest BCUT2D eigenvalue weighted by molar-refractivity contribution is 5.90. The number of piperidine rings is 1. The van der Waals surface area contributed by atoms with E-state index < -0.39 is 0 Å². The number of anilines is 1. The predicted molar refractivity (Wildman–Crippen MR) is 112 cm³/mol. The Morgan fingerprint density at radius 2 is 2.03 bits per heavy atom. The number of amides is 2. The first-order valence-electron chi connectivity index (χ1n) is 10.3. The van der Waals surface area contributed by atoms with Gasteiger partial charge in [0.2, 0.25) is 11.8 Å². The molecule has 0 spiro atoms. The lowest BCUT2D eigenvalue weighted by molar-refractivity contribution is -0.134. The molecule has 1 N–H and O–H groups in total. The Labute approximate surface area is 170 Å². The van der Waals surface area contributed by atoms with E-state index in [0.29, 0.717) is 25.3 Å². The van der Waals surface area contributed by atoms with Crippen molar-refractivity contribution in [2.24, 2.45) is 5.92 Å². The number of rotatable bonds is 6. The molecule has 0 radical (unpaired) electrons. The maximum absolute atomic E-state index is 12.9.